The predicted molar refractivity (Wildman–Crippen MR) is 86.5 cm³/mol. The molecular weight excluding hydrogens is 278 g/mol. The summed E-state index contributed by atoms with van der Waals surface area (Å²) < 4.78 is 5.46. The van der Waals surface area contributed by atoms with E-state index in [1.54, 1.807) is 4.90 Å². The Balaban J connectivity index is 1.91. The Bertz CT molecular complexity index is 484. The van der Waals surface area contributed by atoms with Crippen LogP contribution in [0.5, 0.6) is 0 Å². The van der Waals surface area contributed by atoms with Crippen molar-refractivity contribution in [1.82, 2.24) is 14.8 Å². The number of nitrogens with zero attached hydrogens (tertiary/aromatic N) is 3. The minimum absolute atomic E-state index is 0.201. The Morgan fingerprint density at radius 2 is 2.23 bits per heavy atom. The van der Waals surface area contributed by atoms with Gasteiger partial charge in [0.25, 0.3) is 0 Å². The third-order valence-electron chi connectivity index (χ3n) is 3.82. The SMILES string of the molecule is CN(C(=O)OC(C)(C)C)[C@@H]1CCCN(Cc2ccccn2)C1. The number of piperidine rings is 1. The monoisotopic (exact) mass is 305 g/mol. The van der Waals surface area contributed by atoms with E-state index in [0.29, 0.717) is 0 Å². The predicted octanol–water partition coefficient (Wildman–Crippen LogP) is 2.91. The van der Waals surface area contributed by atoms with Crippen molar-refractivity contribution in [1.29, 1.82) is 0 Å². The number of pyridine rings is 1. The van der Waals surface area contributed by atoms with Gasteiger partial charge in [-0.15, -0.1) is 0 Å². The van der Waals surface area contributed by atoms with E-state index in [-0.39, 0.29) is 12.1 Å². The van der Waals surface area contributed by atoms with Gasteiger partial charge >= 0.3 is 6.09 Å². The molecule has 1 aliphatic heterocycles. The summed E-state index contributed by atoms with van der Waals surface area (Å²) in [5, 5.41) is 0. The molecule has 2 heterocycles. The van der Waals surface area contributed by atoms with E-state index in [1.807, 2.05) is 52.2 Å². The molecule has 0 aliphatic carbocycles. The highest BCUT2D eigenvalue weighted by atomic mass is 16.6. The van der Waals surface area contributed by atoms with Crippen molar-refractivity contribution in [2.75, 3.05) is 20.1 Å². The van der Waals surface area contributed by atoms with Crippen LogP contribution in [0.2, 0.25) is 0 Å². The number of carbonyl (C=O) groups is 1. The summed E-state index contributed by atoms with van der Waals surface area (Å²) in [6, 6.07) is 6.18. The van der Waals surface area contributed by atoms with E-state index in [1.165, 1.54) is 0 Å². The number of aromatic nitrogens is 1. The van der Waals surface area contributed by atoms with E-state index in [9.17, 15) is 4.79 Å². The van der Waals surface area contributed by atoms with Crippen molar-refractivity contribution in [2.45, 2.75) is 51.8 Å². The highest BCUT2D eigenvalue weighted by Gasteiger charge is 2.29. The maximum atomic E-state index is 12.2. The molecule has 0 radical (unpaired) electrons. The zero-order valence-corrected chi connectivity index (χ0v) is 14.1. The van der Waals surface area contributed by atoms with Gasteiger partial charge in [0.2, 0.25) is 0 Å². The summed E-state index contributed by atoms with van der Waals surface area (Å²) in [6.45, 7) is 8.44. The fraction of sp³-hybridized carbons (Fsp3) is 0.647. The summed E-state index contributed by atoms with van der Waals surface area (Å²) in [5.74, 6) is 0. The lowest BCUT2D eigenvalue weighted by Gasteiger charge is -2.37. The van der Waals surface area contributed by atoms with Crippen LogP contribution in [-0.4, -0.2) is 52.7 Å². The van der Waals surface area contributed by atoms with Gasteiger partial charge in [0.1, 0.15) is 5.60 Å². The van der Waals surface area contributed by atoms with Crippen LogP contribution in [0, 0.1) is 0 Å². The van der Waals surface area contributed by atoms with Crippen LogP contribution in [0.1, 0.15) is 39.3 Å². The lowest BCUT2D eigenvalue weighted by molar-refractivity contribution is 0.0129. The molecule has 0 bridgehead atoms. The summed E-state index contributed by atoms with van der Waals surface area (Å²) in [6.07, 6.45) is 3.69. The summed E-state index contributed by atoms with van der Waals surface area (Å²) in [5.41, 5.74) is 0.622. The molecular formula is C17H27N3O2. The van der Waals surface area contributed by atoms with E-state index in [0.717, 1.165) is 38.2 Å². The minimum Gasteiger partial charge on any atom is -0.444 e. The Labute approximate surface area is 133 Å². The van der Waals surface area contributed by atoms with Crippen molar-refractivity contribution in [2.24, 2.45) is 0 Å². The standard InChI is InChI=1S/C17H27N3O2/c1-17(2,3)22-16(21)19(4)15-9-7-11-20(13-15)12-14-8-5-6-10-18-14/h5-6,8,10,15H,7,9,11-13H2,1-4H3/t15-/m1/s1. The molecule has 1 saturated heterocycles. The first-order chi connectivity index (χ1) is 10.3. The number of likely N-dealkylation sites (tertiary alicyclic amines) is 1. The Morgan fingerprint density at radius 1 is 1.45 bits per heavy atom. The first kappa shape index (κ1) is 16.7. The van der Waals surface area contributed by atoms with Gasteiger partial charge < -0.3 is 9.64 Å². The first-order valence-corrected chi connectivity index (χ1v) is 7.93. The summed E-state index contributed by atoms with van der Waals surface area (Å²) in [7, 11) is 1.84. The van der Waals surface area contributed by atoms with Crippen LogP contribution in [0.25, 0.3) is 0 Å². The number of carbonyl (C=O) groups excluding carboxylic acids is 1. The molecule has 1 aromatic rings. The Hall–Kier alpha value is -1.62. The third-order valence-corrected chi connectivity index (χ3v) is 3.82. The molecule has 5 heteroatoms. The zero-order valence-electron chi connectivity index (χ0n) is 14.1. The van der Waals surface area contributed by atoms with Gasteiger partial charge in [0.15, 0.2) is 0 Å². The Kier molecular flexibility index (Phi) is 5.40. The maximum Gasteiger partial charge on any atom is 0.410 e. The number of hydrogen-bond acceptors (Lipinski definition) is 4. The topological polar surface area (TPSA) is 45.7 Å². The molecule has 122 valence electrons. The lowest BCUT2D eigenvalue weighted by atomic mass is 10.0. The second-order valence-electron chi connectivity index (χ2n) is 6.94. The number of rotatable bonds is 3. The molecule has 1 aromatic heterocycles. The van der Waals surface area contributed by atoms with Crippen LogP contribution in [0.15, 0.2) is 24.4 Å². The van der Waals surface area contributed by atoms with Gasteiger partial charge in [-0.2, -0.15) is 0 Å². The largest absolute Gasteiger partial charge is 0.444 e. The minimum atomic E-state index is -0.451. The van der Waals surface area contributed by atoms with Crippen molar-refractivity contribution < 1.29 is 9.53 Å². The molecule has 2 rings (SSSR count). The lowest BCUT2D eigenvalue weighted by Crippen LogP contribution is -2.49. The highest BCUT2D eigenvalue weighted by Crippen LogP contribution is 2.19. The number of amides is 1. The first-order valence-electron chi connectivity index (χ1n) is 7.93. The molecule has 0 unspecified atom stereocenters. The van der Waals surface area contributed by atoms with E-state index < -0.39 is 5.60 Å². The van der Waals surface area contributed by atoms with E-state index in [2.05, 4.69) is 9.88 Å². The fourth-order valence-electron chi connectivity index (χ4n) is 2.69. The molecule has 1 atom stereocenters. The number of ether oxygens (including phenoxy) is 1. The van der Waals surface area contributed by atoms with Crippen molar-refractivity contribution in [3.63, 3.8) is 0 Å². The van der Waals surface area contributed by atoms with Gasteiger partial charge in [0, 0.05) is 32.4 Å². The molecule has 1 fully saturated rings. The van der Waals surface area contributed by atoms with Gasteiger partial charge in [-0.3, -0.25) is 9.88 Å². The smallest absolute Gasteiger partial charge is 0.410 e. The molecule has 0 aromatic carbocycles. The highest BCUT2D eigenvalue weighted by molar-refractivity contribution is 5.68. The van der Waals surface area contributed by atoms with Gasteiger partial charge in [-0.25, -0.2) is 4.79 Å². The molecule has 1 amide bonds. The third kappa shape index (κ3) is 4.98. The fourth-order valence-corrected chi connectivity index (χ4v) is 2.69. The van der Waals surface area contributed by atoms with Crippen LogP contribution >= 0.6 is 0 Å². The molecule has 22 heavy (non-hydrogen) atoms. The average molecular weight is 305 g/mol. The maximum absolute atomic E-state index is 12.2. The quantitative estimate of drug-likeness (QED) is 0.861. The molecule has 0 N–H and O–H groups in total. The molecule has 0 spiro atoms. The van der Waals surface area contributed by atoms with Crippen LogP contribution in [0.4, 0.5) is 4.79 Å². The van der Waals surface area contributed by atoms with Gasteiger partial charge in [-0.05, 0) is 52.3 Å². The zero-order chi connectivity index (χ0) is 16.2. The summed E-state index contributed by atoms with van der Waals surface area (Å²) in [4.78, 5) is 20.7. The second kappa shape index (κ2) is 7.09. The van der Waals surface area contributed by atoms with Crippen molar-refractivity contribution in [3.8, 4) is 0 Å². The van der Waals surface area contributed by atoms with Crippen LogP contribution < -0.4 is 0 Å². The van der Waals surface area contributed by atoms with Crippen LogP contribution in [-0.2, 0) is 11.3 Å². The van der Waals surface area contributed by atoms with Crippen molar-refractivity contribution >= 4 is 6.09 Å². The van der Waals surface area contributed by atoms with E-state index >= 15 is 0 Å². The second-order valence-corrected chi connectivity index (χ2v) is 6.94. The average Bonchev–Trinajstić information content (AvgIpc) is 2.46. The Morgan fingerprint density at radius 3 is 2.86 bits per heavy atom. The van der Waals surface area contributed by atoms with Gasteiger partial charge in [0.05, 0.1) is 5.69 Å². The van der Waals surface area contributed by atoms with Crippen molar-refractivity contribution in [3.05, 3.63) is 30.1 Å². The number of hydrogen-bond donors (Lipinski definition) is 0. The normalized spacial score (nSPS) is 19.7. The summed E-state index contributed by atoms with van der Waals surface area (Å²) >= 11 is 0. The molecule has 1 aliphatic rings. The van der Waals surface area contributed by atoms with Crippen LogP contribution in [0.3, 0.4) is 0 Å². The van der Waals surface area contributed by atoms with E-state index in [4.69, 9.17) is 4.74 Å². The van der Waals surface area contributed by atoms with Gasteiger partial charge in [-0.1, -0.05) is 6.07 Å². The molecule has 0 saturated carbocycles. The molecule has 5 nitrogen and oxygen atoms in total. The number of likely N-dealkylation sites (N-methyl/N-ethyl adjacent to an activating group) is 1.